The predicted octanol–water partition coefficient (Wildman–Crippen LogP) is 3.08. The number of carbonyl (C=O) groups is 1. The summed E-state index contributed by atoms with van der Waals surface area (Å²) in [5.41, 5.74) is 0.670. The number of hydrogen-bond donors (Lipinski definition) is 0. The zero-order chi connectivity index (χ0) is 16.4. The molecule has 120 valence electrons. The average molecular weight is 384 g/mol. The summed E-state index contributed by atoms with van der Waals surface area (Å²) >= 11 is 3.37. The molecule has 1 aliphatic heterocycles. The molecule has 0 atom stereocenters. The smallest absolute Gasteiger partial charge is 0.433 e. The number of benzene rings is 1. The van der Waals surface area contributed by atoms with Gasteiger partial charge in [-0.2, -0.15) is 0 Å². The lowest BCUT2D eigenvalue weighted by Gasteiger charge is -2.19. The minimum absolute atomic E-state index is 0.0510. The Kier molecular flexibility index (Phi) is 4.20. The van der Waals surface area contributed by atoms with Gasteiger partial charge in [0, 0.05) is 10.0 Å². The van der Waals surface area contributed by atoms with Gasteiger partial charge < -0.3 is 18.6 Å². The Bertz CT molecular complexity index is 770. The second-order valence-corrected chi connectivity index (χ2v) is 5.41. The first-order chi connectivity index (χ1) is 11.0. The van der Waals surface area contributed by atoms with E-state index in [1.54, 1.807) is 12.1 Å². The van der Waals surface area contributed by atoms with Gasteiger partial charge in [-0.3, -0.25) is 10.1 Å². The van der Waals surface area contributed by atoms with E-state index in [1.807, 2.05) is 0 Å². The van der Waals surface area contributed by atoms with Gasteiger partial charge >= 0.3 is 11.9 Å². The molecule has 0 radical (unpaired) electrons. The van der Waals surface area contributed by atoms with Gasteiger partial charge in [0.05, 0.1) is 6.07 Å². The fourth-order valence-electron chi connectivity index (χ4n) is 1.97. The summed E-state index contributed by atoms with van der Waals surface area (Å²) in [6.07, 6.45) is 0. The highest BCUT2D eigenvalue weighted by Gasteiger charge is 2.20. The Labute approximate surface area is 138 Å². The maximum Gasteiger partial charge on any atom is 0.433 e. The lowest BCUT2D eigenvalue weighted by molar-refractivity contribution is -0.402. The predicted molar refractivity (Wildman–Crippen MR) is 79.6 cm³/mol. The third-order valence-electron chi connectivity index (χ3n) is 3.04. The molecule has 1 aromatic carbocycles. The number of esters is 1. The summed E-state index contributed by atoms with van der Waals surface area (Å²) in [6, 6.07) is 5.72. The maximum absolute atomic E-state index is 11.8. The number of fused-ring (bicyclic) bond motifs is 1. The number of hydrogen-bond acceptors (Lipinski definition) is 7. The Morgan fingerprint density at radius 3 is 2.61 bits per heavy atom. The first kappa shape index (κ1) is 15.3. The van der Waals surface area contributed by atoms with Crippen molar-refractivity contribution in [2.24, 2.45) is 0 Å². The number of nitro groups is 1. The first-order valence-electron chi connectivity index (χ1n) is 6.54. The van der Waals surface area contributed by atoms with Gasteiger partial charge in [0.1, 0.15) is 24.7 Å². The van der Waals surface area contributed by atoms with E-state index in [0.717, 1.165) is 6.07 Å². The molecule has 23 heavy (non-hydrogen) atoms. The van der Waals surface area contributed by atoms with Crippen LogP contribution in [0.3, 0.4) is 0 Å². The van der Waals surface area contributed by atoms with Crippen LogP contribution in [0.2, 0.25) is 0 Å². The van der Waals surface area contributed by atoms with Crippen molar-refractivity contribution in [1.29, 1.82) is 0 Å². The fourth-order valence-corrected chi connectivity index (χ4v) is 2.40. The zero-order valence-electron chi connectivity index (χ0n) is 11.6. The second kappa shape index (κ2) is 6.29. The van der Waals surface area contributed by atoms with E-state index in [1.165, 1.54) is 6.07 Å². The van der Waals surface area contributed by atoms with Gasteiger partial charge in [-0.1, -0.05) is 15.9 Å². The monoisotopic (exact) mass is 383 g/mol. The summed E-state index contributed by atoms with van der Waals surface area (Å²) in [7, 11) is 0. The summed E-state index contributed by atoms with van der Waals surface area (Å²) in [5.74, 6) is -0.360. The van der Waals surface area contributed by atoms with Gasteiger partial charge in [-0.15, -0.1) is 0 Å². The molecule has 0 bridgehead atoms. The van der Waals surface area contributed by atoms with Crippen molar-refractivity contribution in [3.8, 4) is 11.5 Å². The molecule has 0 aliphatic carbocycles. The molecule has 0 fully saturated rings. The van der Waals surface area contributed by atoms with Crippen molar-refractivity contribution >= 4 is 27.8 Å². The van der Waals surface area contributed by atoms with Gasteiger partial charge in [0.15, 0.2) is 11.5 Å². The average Bonchev–Trinajstić information content (AvgIpc) is 3.03. The van der Waals surface area contributed by atoms with Crippen LogP contribution in [-0.4, -0.2) is 24.1 Å². The SMILES string of the molecule is O=C(OCc1cc2c(cc1Br)OCCO2)c1ccc([N+](=O)[O-])o1. The van der Waals surface area contributed by atoms with E-state index in [-0.39, 0.29) is 12.4 Å². The minimum atomic E-state index is -0.792. The highest BCUT2D eigenvalue weighted by Crippen LogP contribution is 2.35. The normalized spacial score (nSPS) is 12.7. The van der Waals surface area contributed by atoms with Gasteiger partial charge in [-0.25, -0.2) is 4.79 Å². The molecule has 0 spiro atoms. The van der Waals surface area contributed by atoms with Crippen LogP contribution in [0.25, 0.3) is 0 Å². The summed E-state index contributed by atoms with van der Waals surface area (Å²) in [4.78, 5) is 21.6. The molecule has 0 saturated heterocycles. The molecule has 0 amide bonds. The molecule has 3 rings (SSSR count). The molecule has 0 N–H and O–H groups in total. The van der Waals surface area contributed by atoms with E-state index in [9.17, 15) is 14.9 Å². The highest BCUT2D eigenvalue weighted by atomic mass is 79.9. The molecule has 8 nitrogen and oxygen atoms in total. The molecular formula is C14H10BrNO7. The number of carbonyl (C=O) groups excluding carboxylic acids is 1. The Morgan fingerprint density at radius 1 is 1.26 bits per heavy atom. The van der Waals surface area contributed by atoms with Crippen LogP contribution in [0.15, 0.2) is 33.2 Å². The third-order valence-corrected chi connectivity index (χ3v) is 3.78. The van der Waals surface area contributed by atoms with Crippen LogP contribution in [0, 0.1) is 10.1 Å². The van der Waals surface area contributed by atoms with Crippen LogP contribution < -0.4 is 9.47 Å². The Balaban J connectivity index is 1.70. The number of halogens is 1. The van der Waals surface area contributed by atoms with E-state index < -0.39 is 16.8 Å². The van der Waals surface area contributed by atoms with E-state index in [4.69, 9.17) is 18.6 Å². The standard InChI is InChI=1S/C14H10BrNO7/c15-9-6-12-11(20-3-4-21-12)5-8(9)7-22-14(17)10-1-2-13(23-10)16(18)19/h1-2,5-6H,3-4,7H2. The fraction of sp³-hybridized carbons (Fsp3) is 0.214. The lowest BCUT2D eigenvalue weighted by atomic mass is 10.2. The molecule has 2 heterocycles. The van der Waals surface area contributed by atoms with Crippen molar-refractivity contribution in [1.82, 2.24) is 0 Å². The van der Waals surface area contributed by atoms with E-state index in [2.05, 4.69) is 15.9 Å². The quantitative estimate of drug-likeness (QED) is 0.454. The molecule has 2 aromatic rings. The van der Waals surface area contributed by atoms with Crippen molar-refractivity contribution in [2.75, 3.05) is 13.2 Å². The van der Waals surface area contributed by atoms with Gasteiger partial charge in [0.2, 0.25) is 5.76 Å². The van der Waals surface area contributed by atoms with Gasteiger partial charge in [0.25, 0.3) is 0 Å². The van der Waals surface area contributed by atoms with Crippen molar-refractivity contribution in [3.63, 3.8) is 0 Å². The van der Waals surface area contributed by atoms with Crippen LogP contribution >= 0.6 is 15.9 Å². The third kappa shape index (κ3) is 3.29. The number of furan rings is 1. The molecule has 0 saturated carbocycles. The van der Waals surface area contributed by atoms with Crippen molar-refractivity contribution in [3.05, 3.63) is 50.2 Å². The Hall–Kier alpha value is -2.55. The lowest BCUT2D eigenvalue weighted by Crippen LogP contribution is -2.15. The van der Waals surface area contributed by atoms with Crippen LogP contribution in [0.5, 0.6) is 11.5 Å². The minimum Gasteiger partial charge on any atom is -0.486 e. The highest BCUT2D eigenvalue weighted by molar-refractivity contribution is 9.10. The van der Waals surface area contributed by atoms with Crippen LogP contribution in [-0.2, 0) is 11.3 Å². The molecule has 1 aliphatic rings. The van der Waals surface area contributed by atoms with Crippen molar-refractivity contribution in [2.45, 2.75) is 6.61 Å². The molecule has 0 unspecified atom stereocenters. The number of nitrogens with zero attached hydrogens (tertiary/aromatic N) is 1. The first-order valence-corrected chi connectivity index (χ1v) is 7.33. The molecule has 9 heteroatoms. The molecule has 1 aromatic heterocycles. The summed E-state index contributed by atoms with van der Waals surface area (Å²) in [6.45, 7) is 0.875. The van der Waals surface area contributed by atoms with Crippen LogP contribution in [0.1, 0.15) is 16.1 Å². The second-order valence-electron chi connectivity index (χ2n) is 4.56. The summed E-state index contributed by atoms with van der Waals surface area (Å²) in [5, 5.41) is 10.5. The number of ether oxygens (including phenoxy) is 3. The van der Waals surface area contributed by atoms with Crippen molar-refractivity contribution < 1.29 is 28.3 Å². The van der Waals surface area contributed by atoms with Gasteiger partial charge in [-0.05, 0) is 18.2 Å². The largest absolute Gasteiger partial charge is 0.486 e. The maximum atomic E-state index is 11.8. The topological polar surface area (TPSA) is 101 Å². The Morgan fingerprint density at radius 2 is 1.96 bits per heavy atom. The van der Waals surface area contributed by atoms with E-state index >= 15 is 0 Å². The summed E-state index contributed by atoms with van der Waals surface area (Å²) < 4.78 is 21.5. The number of rotatable bonds is 4. The van der Waals surface area contributed by atoms with Crippen LogP contribution in [0.4, 0.5) is 5.88 Å². The zero-order valence-corrected chi connectivity index (χ0v) is 13.2. The molecular weight excluding hydrogens is 374 g/mol. The van der Waals surface area contributed by atoms with E-state index in [0.29, 0.717) is 34.7 Å².